The summed E-state index contributed by atoms with van der Waals surface area (Å²) in [7, 11) is -2.64. The molecule has 0 radical (unpaired) electrons. The number of nitrogens with zero attached hydrogens (tertiary/aromatic N) is 6. The summed E-state index contributed by atoms with van der Waals surface area (Å²) in [4.78, 5) is 43.5. The van der Waals surface area contributed by atoms with Crippen LogP contribution in [0.25, 0.3) is 33.8 Å². The molecule has 10 rings (SSSR count). The number of allylic oxidation sites excluding steroid dienone is 5. The molecule has 0 unspecified atom stereocenters. The smallest absolute Gasteiger partial charge is 0.407 e. The number of hydrogen-bond donors (Lipinski definition) is 1. The Balaban J connectivity index is 1.17. The number of para-hydroxylation sites is 1. The molecule has 0 bridgehead atoms. The van der Waals surface area contributed by atoms with Gasteiger partial charge in [-0.15, -0.1) is 5.10 Å². The van der Waals surface area contributed by atoms with Gasteiger partial charge in [-0.1, -0.05) is 66.8 Å². The maximum atomic E-state index is 18.4. The van der Waals surface area contributed by atoms with Crippen LogP contribution >= 0.6 is 0 Å². The number of hydrogen-bond acceptors (Lipinski definition) is 8. The summed E-state index contributed by atoms with van der Waals surface area (Å²) in [6, 6.07) is 19.6. The van der Waals surface area contributed by atoms with Crippen LogP contribution in [-0.4, -0.2) is 89.6 Å². The van der Waals surface area contributed by atoms with Gasteiger partial charge in [-0.05, 0) is 84.1 Å². The Kier molecular flexibility index (Phi) is 10.7. The third kappa shape index (κ3) is 7.37. The van der Waals surface area contributed by atoms with Crippen LogP contribution in [-0.2, 0) is 16.1 Å². The Morgan fingerprint density at radius 1 is 0.896 bits per heavy atom. The minimum absolute atomic E-state index is 0.0126. The van der Waals surface area contributed by atoms with Crippen molar-refractivity contribution in [3.05, 3.63) is 135 Å². The van der Waals surface area contributed by atoms with Crippen molar-refractivity contribution in [3.8, 4) is 28.2 Å². The average molecular weight is 924 g/mol. The number of benzene rings is 4. The molecular weight excluding hydrogens is 876 g/mol. The molecule has 16 heteroatoms. The molecule has 0 spiro atoms. The summed E-state index contributed by atoms with van der Waals surface area (Å²) in [6.07, 6.45) is 7.18. The fourth-order valence-corrected chi connectivity index (χ4v) is 12.8. The molecule has 2 fully saturated rings. The molecule has 5 aromatic rings. The first-order valence-electron chi connectivity index (χ1n) is 22.5. The van der Waals surface area contributed by atoms with Gasteiger partial charge in [0.2, 0.25) is 5.91 Å². The predicted octanol–water partition coefficient (Wildman–Crippen LogP) is 6.98. The minimum Gasteiger partial charge on any atom is -0.545 e. The van der Waals surface area contributed by atoms with E-state index in [9.17, 15) is 19.5 Å². The van der Waals surface area contributed by atoms with E-state index in [4.69, 9.17) is 4.74 Å². The molecule has 2 saturated heterocycles. The van der Waals surface area contributed by atoms with Crippen molar-refractivity contribution in [2.75, 3.05) is 42.5 Å². The van der Waals surface area contributed by atoms with Crippen molar-refractivity contribution in [2.45, 2.75) is 65.3 Å². The molecule has 2 amide bonds. The van der Waals surface area contributed by atoms with Crippen LogP contribution in [0.3, 0.4) is 0 Å². The molecule has 1 aromatic heterocycles. The van der Waals surface area contributed by atoms with E-state index in [2.05, 4.69) is 50.3 Å². The number of carbonyl (C=O) groups excluding carboxylic acids is 3. The van der Waals surface area contributed by atoms with Gasteiger partial charge in [0.15, 0.2) is 23.2 Å². The number of aromatic carboxylic acids is 1. The maximum absolute atomic E-state index is 18.4. The largest absolute Gasteiger partial charge is 0.545 e. The molecule has 4 aromatic carbocycles. The lowest BCUT2D eigenvalue weighted by Crippen LogP contribution is -2.50. The predicted molar refractivity (Wildman–Crippen MR) is 250 cm³/mol. The van der Waals surface area contributed by atoms with E-state index in [0.29, 0.717) is 33.5 Å². The lowest BCUT2D eigenvalue weighted by atomic mass is 9.86. The molecule has 67 heavy (non-hydrogen) atoms. The highest BCUT2D eigenvalue weighted by Gasteiger charge is 2.44. The van der Waals surface area contributed by atoms with Gasteiger partial charge in [0, 0.05) is 66.1 Å². The van der Waals surface area contributed by atoms with Crippen molar-refractivity contribution < 1.29 is 42.0 Å². The molecular formula is C51H48F3N7O5Si. The number of carboxylic acid groups (broad SMARTS) is 1. The summed E-state index contributed by atoms with van der Waals surface area (Å²) in [5.74, 6) is -7.38. The van der Waals surface area contributed by atoms with E-state index in [1.165, 1.54) is 0 Å². The molecule has 342 valence electrons. The zero-order valence-corrected chi connectivity index (χ0v) is 38.8. The van der Waals surface area contributed by atoms with Gasteiger partial charge in [-0.25, -0.2) is 27.2 Å². The summed E-state index contributed by atoms with van der Waals surface area (Å²) in [5.41, 5.74) is 1.47. The molecule has 1 aliphatic carbocycles. The van der Waals surface area contributed by atoms with Crippen molar-refractivity contribution in [1.29, 1.82) is 0 Å². The molecule has 4 aliphatic heterocycles. The molecule has 1 N–H and O–H groups in total. The quantitative estimate of drug-likeness (QED) is 0.105. The first kappa shape index (κ1) is 43.8. The number of alkyl carbamates (subject to hydrolysis) is 1. The fourth-order valence-electron chi connectivity index (χ4n) is 9.76. The highest BCUT2D eigenvalue weighted by molar-refractivity contribution is 6.98. The van der Waals surface area contributed by atoms with E-state index < -0.39 is 60.0 Å². The number of carboxylic acids is 1. The molecule has 0 atom stereocenters. The van der Waals surface area contributed by atoms with Gasteiger partial charge in [0.1, 0.15) is 43.8 Å². The topological polar surface area (TPSA) is 136 Å². The number of amides is 2. The third-order valence-electron chi connectivity index (χ3n) is 13.3. The number of ether oxygens (including phenoxy) is 1. The number of rotatable bonds is 7. The van der Waals surface area contributed by atoms with Gasteiger partial charge in [-0.2, -0.15) is 0 Å². The van der Waals surface area contributed by atoms with Gasteiger partial charge < -0.3 is 29.8 Å². The number of nitrogens with one attached hydrogen (secondary N) is 1. The first-order chi connectivity index (χ1) is 32.0. The van der Waals surface area contributed by atoms with Crippen LogP contribution in [0.2, 0.25) is 13.1 Å². The van der Waals surface area contributed by atoms with Gasteiger partial charge in [0.25, 0.3) is 0 Å². The van der Waals surface area contributed by atoms with Crippen molar-refractivity contribution in [3.63, 3.8) is 0 Å². The molecule has 5 heterocycles. The second-order valence-corrected chi connectivity index (χ2v) is 23.3. The maximum Gasteiger partial charge on any atom is 0.407 e. The molecule has 5 aliphatic rings. The highest BCUT2D eigenvalue weighted by atomic mass is 28.3. The van der Waals surface area contributed by atoms with Crippen LogP contribution in [0.1, 0.15) is 67.1 Å². The second kappa shape index (κ2) is 16.4. The van der Waals surface area contributed by atoms with Gasteiger partial charge in [0.05, 0.1) is 24.6 Å². The van der Waals surface area contributed by atoms with E-state index >= 15 is 13.2 Å². The third-order valence-corrected chi connectivity index (χ3v) is 16.8. The highest BCUT2D eigenvalue weighted by Crippen LogP contribution is 2.47. The number of halogens is 3. The second-order valence-electron chi connectivity index (χ2n) is 19.0. The number of aromatic nitrogens is 3. The Labute approximate surface area is 386 Å². The lowest BCUT2D eigenvalue weighted by molar-refractivity contribution is -0.582. The Morgan fingerprint density at radius 2 is 1.63 bits per heavy atom. The van der Waals surface area contributed by atoms with E-state index in [1.54, 1.807) is 74.2 Å². The van der Waals surface area contributed by atoms with E-state index in [-0.39, 0.29) is 42.4 Å². The number of anilines is 2. The Morgan fingerprint density at radius 3 is 2.31 bits per heavy atom. The van der Waals surface area contributed by atoms with E-state index in [0.717, 1.165) is 65.5 Å². The Bertz CT molecular complexity index is 3100. The van der Waals surface area contributed by atoms with Gasteiger partial charge >= 0.3 is 6.09 Å². The van der Waals surface area contributed by atoms with E-state index in [1.807, 2.05) is 24.3 Å². The van der Waals surface area contributed by atoms with Crippen molar-refractivity contribution in [2.24, 2.45) is 0 Å². The molecule has 12 nitrogen and oxygen atoms in total. The summed E-state index contributed by atoms with van der Waals surface area (Å²) >= 11 is 0. The monoisotopic (exact) mass is 923 g/mol. The first-order valence-corrected chi connectivity index (χ1v) is 25.5. The van der Waals surface area contributed by atoms with Crippen LogP contribution in [0.5, 0.6) is 0 Å². The standard InChI is InChI=1S/C51H48F3N7O5Si/c1-51(2,3)66-50(65)55-21-20-39(62)60-28-29-12-6-7-13-32(29)47-46(33-14-8-9-15-36(33)60)56-57-61(47)48-44(53)41(42(49(63)64)43(52)45(48)54)40-34-18-16-30(58-22-10-23-58)26-37(34)67(4,5)38-27-31(17-19-35(38)40)59-24-11-25-59/h6-9,12-19,26-27H,10-11,20-25,28H2,1-5H3,(H-,55,63,64,65). The van der Waals surface area contributed by atoms with Crippen molar-refractivity contribution in [1.82, 2.24) is 20.3 Å². The average Bonchev–Trinajstić information content (AvgIpc) is 3.66. The van der Waals surface area contributed by atoms with Crippen LogP contribution in [0.15, 0.2) is 95.7 Å². The van der Waals surface area contributed by atoms with Gasteiger partial charge in [-0.3, -0.25) is 4.79 Å². The van der Waals surface area contributed by atoms with Crippen LogP contribution in [0, 0.1) is 17.5 Å². The zero-order chi connectivity index (χ0) is 47.1. The minimum atomic E-state index is -2.64. The van der Waals surface area contributed by atoms with Crippen molar-refractivity contribution >= 4 is 53.9 Å². The fraction of sp³-hybridized carbons (Fsp3) is 0.294. The van der Waals surface area contributed by atoms with Crippen LogP contribution < -0.4 is 25.4 Å². The Hall–Kier alpha value is -7.07. The SMILES string of the molecule is CC(C)(C)OC(=O)NCCC(=O)N1Cc2ccccc2-c2c(nnn2-c2c(F)c(F)c(C(=O)[O-])c(C3=C4C=CC(=[N+]5CCC5)C=C4[Si](C)(C)c4cc(N5CCC5)ccc43)c2F)-c2ccccc21. The lowest BCUT2D eigenvalue weighted by Gasteiger charge is -2.40. The van der Waals surface area contributed by atoms with Crippen LogP contribution in [0.4, 0.5) is 29.3 Å². The summed E-state index contributed by atoms with van der Waals surface area (Å²) in [5, 5.41) is 26.4. The molecule has 0 saturated carbocycles. The number of carbonyl (C=O) groups is 3. The zero-order valence-electron chi connectivity index (χ0n) is 37.8. The summed E-state index contributed by atoms with van der Waals surface area (Å²) < 4.78 is 60.9. The summed E-state index contributed by atoms with van der Waals surface area (Å²) in [6.45, 7) is 13.1. The number of fused-ring (bicyclic) bond motifs is 7. The normalized spacial score (nSPS) is 16.9.